The Kier molecular flexibility index (Phi) is 3.55. The zero-order valence-electron chi connectivity index (χ0n) is 9.84. The lowest BCUT2D eigenvalue weighted by Gasteiger charge is -2.02. The second kappa shape index (κ2) is 5.30. The third-order valence-corrected chi connectivity index (χ3v) is 2.66. The molecule has 2 nitrogen and oxygen atoms in total. The first-order valence-corrected chi connectivity index (χ1v) is 5.75. The molecule has 0 unspecified atom stereocenters. The Balaban J connectivity index is 2.23. The first-order chi connectivity index (χ1) is 8.29. The predicted octanol–water partition coefficient (Wildman–Crippen LogP) is 3.51. The summed E-state index contributed by atoms with van der Waals surface area (Å²) >= 11 is 0. The summed E-state index contributed by atoms with van der Waals surface area (Å²) in [6.45, 7) is 2.11. The van der Waals surface area contributed by atoms with E-state index in [9.17, 15) is 5.21 Å². The van der Waals surface area contributed by atoms with E-state index >= 15 is 0 Å². The van der Waals surface area contributed by atoms with Crippen molar-refractivity contribution >= 4 is 11.9 Å². The number of hydrogen-bond acceptors (Lipinski definition) is 1. The van der Waals surface area contributed by atoms with Crippen LogP contribution in [0.4, 0.5) is 5.69 Å². The van der Waals surface area contributed by atoms with E-state index in [1.54, 1.807) is 18.3 Å². The van der Waals surface area contributed by atoms with Crippen molar-refractivity contribution in [3.8, 4) is 0 Å². The van der Waals surface area contributed by atoms with Crippen molar-refractivity contribution in [2.24, 2.45) is 0 Å². The molecule has 0 aliphatic rings. The van der Waals surface area contributed by atoms with E-state index in [0.29, 0.717) is 5.69 Å². The molecule has 17 heavy (non-hydrogen) atoms. The van der Waals surface area contributed by atoms with E-state index in [4.69, 9.17) is 0 Å². The molecule has 0 saturated heterocycles. The molecule has 0 amide bonds. The quantitative estimate of drug-likeness (QED) is 0.340. The van der Waals surface area contributed by atoms with Gasteiger partial charge < -0.3 is 5.21 Å². The predicted molar refractivity (Wildman–Crippen MR) is 70.7 cm³/mol. The normalized spacial score (nSPS) is 11.5. The van der Waals surface area contributed by atoms with Gasteiger partial charge in [0, 0.05) is 17.7 Å². The third kappa shape index (κ3) is 2.94. The van der Waals surface area contributed by atoms with Crippen LogP contribution < -0.4 is 0 Å². The van der Waals surface area contributed by atoms with E-state index in [-0.39, 0.29) is 0 Å². The number of benzene rings is 2. The van der Waals surface area contributed by atoms with Crippen molar-refractivity contribution in [1.82, 2.24) is 0 Å². The first kappa shape index (κ1) is 11.4. The van der Waals surface area contributed by atoms with Crippen LogP contribution in [0.15, 0.2) is 54.6 Å². The Hall–Kier alpha value is -2.09. The van der Waals surface area contributed by atoms with Gasteiger partial charge in [0.25, 0.3) is 0 Å². The highest BCUT2D eigenvalue weighted by Gasteiger charge is 1.99. The van der Waals surface area contributed by atoms with Crippen LogP contribution in [0.2, 0.25) is 0 Å². The number of para-hydroxylation sites is 1. The van der Waals surface area contributed by atoms with Crippen LogP contribution in [0.3, 0.4) is 0 Å². The lowest BCUT2D eigenvalue weighted by atomic mass is 10.1. The molecule has 2 rings (SSSR count). The summed E-state index contributed by atoms with van der Waals surface area (Å²) in [6, 6.07) is 17.2. The molecule has 0 aliphatic carbocycles. The van der Waals surface area contributed by atoms with Crippen LogP contribution in [-0.4, -0.2) is 11.0 Å². The number of aryl methyl sites for hydroxylation is 1. The second-order valence-electron chi connectivity index (χ2n) is 3.89. The van der Waals surface area contributed by atoms with Gasteiger partial charge >= 0.3 is 0 Å². The molecule has 2 aromatic rings. The van der Waals surface area contributed by atoms with Crippen LogP contribution in [0.1, 0.15) is 18.1 Å². The fourth-order valence-electron chi connectivity index (χ4n) is 1.62. The maximum absolute atomic E-state index is 11.8. The van der Waals surface area contributed by atoms with E-state index in [2.05, 4.69) is 6.92 Å². The highest BCUT2D eigenvalue weighted by molar-refractivity contribution is 5.76. The molecule has 0 aromatic heterocycles. The molecule has 0 spiro atoms. The Morgan fingerprint density at radius 2 is 1.65 bits per heavy atom. The Bertz CT molecular complexity index is 500. The fourth-order valence-corrected chi connectivity index (χ4v) is 1.62. The van der Waals surface area contributed by atoms with Crippen LogP contribution >= 0.6 is 0 Å². The van der Waals surface area contributed by atoms with Crippen LogP contribution in [0.25, 0.3) is 0 Å². The first-order valence-electron chi connectivity index (χ1n) is 5.75. The van der Waals surface area contributed by atoms with E-state index in [1.807, 2.05) is 42.5 Å². The van der Waals surface area contributed by atoms with Gasteiger partial charge in [0.05, 0.1) is 0 Å². The van der Waals surface area contributed by atoms with Crippen molar-refractivity contribution < 1.29 is 4.74 Å². The van der Waals surface area contributed by atoms with Crippen molar-refractivity contribution in [3.63, 3.8) is 0 Å². The molecular weight excluding hydrogens is 210 g/mol. The summed E-state index contributed by atoms with van der Waals surface area (Å²) < 4.78 is 0.890. The zero-order chi connectivity index (χ0) is 12.1. The van der Waals surface area contributed by atoms with Gasteiger partial charge in [-0.15, -0.1) is 0 Å². The second-order valence-corrected chi connectivity index (χ2v) is 3.89. The lowest BCUT2D eigenvalue weighted by molar-refractivity contribution is -0.354. The van der Waals surface area contributed by atoms with Gasteiger partial charge in [-0.2, -0.15) is 4.74 Å². The van der Waals surface area contributed by atoms with Gasteiger partial charge in [0.1, 0.15) is 0 Å². The van der Waals surface area contributed by atoms with E-state index in [1.165, 1.54) is 5.56 Å². The van der Waals surface area contributed by atoms with Gasteiger partial charge in [-0.3, -0.25) is 0 Å². The Morgan fingerprint density at radius 1 is 1.00 bits per heavy atom. The average Bonchev–Trinajstić information content (AvgIpc) is 2.40. The van der Waals surface area contributed by atoms with Gasteiger partial charge in [0.15, 0.2) is 6.21 Å². The minimum atomic E-state index is 0.645. The molecule has 0 heterocycles. The van der Waals surface area contributed by atoms with Gasteiger partial charge in [-0.1, -0.05) is 37.3 Å². The highest BCUT2D eigenvalue weighted by atomic mass is 16.5. The molecule has 86 valence electrons. The lowest BCUT2D eigenvalue weighted by Crippen LogP contribution is -1.98. The van der Waals surface area contributed by atoms with Crippen molar-refractivity contribution in [3.05, 3.63) is 70.9 Å². The third-order valence-electron chi connectivity index (χ3n) is 2.66. The molecule has 0 atom stereocenters. The summed E-state index contributed by atoms with van der Waals surface area (Å²) in [6.07, 6.45) is 2.61. The molecule has 2 heteroatoms. The summed E-state index contributed by atoms with van der Waals surface area (Å²) in [4.78, 5) is 0. The summed E-state index contributed by atoms with van der Waals surface area (Å²) in [5.41, 5.74) is 2.84. The molecule has 0 radical (unpaired) electrons. The van der Waals surface area contributed by atoms with Crippen LogP contribution in [0.5, 0.6) is 0 Å². The van der Waals surface area contributed by atoms with E-state index in [0.717, 1.165) is 16.7 Å². The van der Waals surface area contributed by atoms with Crippen molar-refractivity contribution in [2.75, 3.05) is 0 Å². The summed E-state index contributed by atoms with van der Waals surface area (Å²) in [5.74, 6) is 0. The molecule has 0 fully saturated rings. The minimum absolute atomic E-state index is 0.645. The summed E-state index contributed by atoms with van der Waals surface area (Å²) in [5, 5.41) is 11.8. The van der Waals surface area contributed by atoms with E-state index < -0.39 is 0 Å². The topological polar surface area (TPSA) is 26.1 Å². The maximum atomic E-state index is 11.8. The van der Waals surface area contributed by atoms with Crippen molar-refractivity contribution in [2.45, 2.75) is 13.3 Å². The Morgan fingerprint density at radius 3 is 2.24 bits per heavy atom. The SMILES string of the molecule is CCc1ccc(C=[N+]([O-])c2ccccc2)cc1. The Labute approximate surface area is 101 Å². The molecule has 0 bridgehead atoms. The zero-order valence-corrected chi connectivity index (χ0v) is 9.84. The molecular formula is C15H15NO. The standard InChI is InChI=1S/C15H15NO/c1-2-13-8-10-14(11-9-13)12-16(17)15-6-4-3-5-7-15/h3-12H,2H2,1H3. The number of nitrogens with zero attached hydrogens (tertiary/aromatic N) is 1. The number of hydrogen-bond donors (Lipinski definition) is 0. The minimum Gasteiger partial charge on any atom is -0.618 e. The molecule has 0 N–H and O–H groups in total. The fraction of sp³-hybridized carbons (Fsp3) is 0.133. The van der Waals surface area contributed by atoms with Crippen molar-refractivity contribution in [1.29, 1.82) is 0 Å². The summed E-state index contributed by atoms with van der Waals surface area (Å²) in [7, 11) is 0. The molecule has 0 saturated carbocycles. The highest BCUT2D eigenvalue weighted by Crippen LogP contribution is 2.10. The van der Waals surface area contributed by atoms with Gasteiger partial charge in [0.2, 0.25) is 5.69 Å². The largest absolute Gasteiger partial charge is 0.618 e. The average molecular weight is 225 g/mol. The maximum Gasteiger partial charge on any atom is 0.216 e. The molecule has 0 aliphatic heterocycles. The smallest absolute Gasteiger partial charge is 0.216 e. The van der Waals surface area contributed by atoms with Crippen LogP contribution in [-0.2, 0) is 6.42 Å². The number of rotatable bonds is 3. The monoisotopic (exact) mass is 225 g/mol. The van der Waals surface area contributed by atoms with Crippen LogP contribution in [0, 0.1) is 5.21 Å². The van der Waals surface area contributed by atoms with Gasteiger partial charge in [-0.05, 0) is 24.1 Å². The molecule has 2 aromatic carbocycles. The van der Waals surface area contributed by atoms with Gasteiger partial charge in [-0.25, -0.2) is 0 Å².